The van der Waals surface area contributed by atoms with Crippen molar-refractivity contribution >= 4 is 40.3 Å². The van der Waals surface area contributed by atoms with Crippen LogP contribution >= 0.6 is 24.0 Å². The highest BCUT2D eigenvalue weighted by atomic mass is 32.2. The smallest absolute Gasteiger partial charge is 0.263 e. The Morgan fingerprint density at radius 1 is 1.28 bits per heavy atom. The molecule has 18 heavy (non-hydrogen) atoms. The molecule has 0 saturated carbocycles. The Morgan fingerprint density at radius 3 is 2.33 bits per heavy atom. The molecule has 1 N–H and O–H groups in total. The number of nitrogens with one attached hydrogen (secondary N) is 1. The standard InChI is InChI=1S/C12H11NO3S2/c1-15-8-4-3-5-9(16-2)7(8)6-10-11(14)13-12(17)18-10/h3-6H,1-2H3,(H,13,14,17)/b10-6-. The van der Waals surface area contributed by atoms with Gasteiger partial charge in [-0.05, 0) is 18.2 Å². The van der Waals surface area contributed by atoms with Gasteiger partial charge in [-0.25, -0.2) is 0 Å². The van der Waals surface area contributed by atoms with E-state index in [4.69, 9.17) is 21.7 Å². The molecule has 0 aromatic heterocycles. The van der Waals surface area contributed by atoms with Crippen LogP contribution in [0.15, 0.2) is 23.1 Å². The van der Waals surface area contributed by atoms with Crippen molar-refractivity contribution in [3.05, 3.63) is 28.7 Å². The third-order valence-corrected chi connectivity index (χ3v) is 3.55. The predicted molar refractivity (Wildman–Crippen MR) is 75.9 cm³/mol. The Balaban J connectivity index is 2.47. The first-order valence-corrected chi connectivity index (χ1v) is 6.34. The van der Waals surface area contributed by atoms with Gasteiger partial charge in [0.2, 0.25) is 0 Å². The fraction of sp³-hybridized carbons (Fsp3) is 0.167. The van der Waals surface area contributed by atoms with Gasteiger partial charge in [-0.3, -0.25) is 4.79 Å². The van der Waals surface area contributed by atoms with Gasteiger partial charge in [0.1, 0.15) is 15.8 Å². The van der Waals surface area contributed by atoms with E-state index in [1.165, 1.54) is 11.8 Å². The van der Waals surface area contributed by atoms with Crippen LogP contribution in [-0.4, -0.2) is 24.4 Å². The fourth-order valence-electron chi connectivity index (χ4n) is 1.57. The minimum Gasteiger partial charge on any atom is -0.496 e. The summed E-state index contributed by atoms with van der Waals surface area (Å²) < 4.78 is 11.0. The van der Waals surface area contributed by atoms with Crippen LogP contribution in [-0.2, 0) is 4.79 Å². The van der Waals surface area contributed by atoms with Crippen molar-refractivity contribution in [2.45, 2.75) is 0 Å². The van der Waals surface area contributed by atoms with Crippen LogP contribution in [0.5, 0.6) is 11.5 Å². The second-order valence-electron chi connectivity index (χ2n) is 3.43. The average molecular weight is 281 g/mol. The molecule has 1 aliphatic heterocycles. The third-order valence-electron chi connectivity index (χ3n) is 2.38. The van der Waals surface area contributed by atoms with E-state index in [1.54, 1.807) is 20.3 Å². The van der Waals surface area contributed by atoms with Crippen LogP contribution in [0.3, 0.4) is 0 Å². The van der Waals surface area contributed by atoms with E-state index in [-0.39, 0.29) is 5.91 Å². The maximum absolute atomic E-state index is 11.6. The number of benzene rings is 1. The molecule has 1 amide bonds. The average Bonchev–Trinajstić information content (AvgIpc) is 2.68. The van der Waals surface area contributed by atoms with Crippen LogP contribution in [0.25, 0.3) is 6.08 Å². The minimum atomic E-state index is -0.196. The normalized spacial score (nSPS) is 16.9. The summed E-state index contributed by atoms with van der Waals surface area (Å²) >= 11 is 6.17. The fourth-order valence-corrected chi connectivity index (χ4v) is 2.60. The van der Waals surface area contributed by atoms with Crippen molar-refractivity contribution in [1.29, 1.82) is 0 Å². The summed E-state index contributed by atoms with van der Waals surface area (Å²) in [6.07, 6.45) is 1.72. The summed E-state index contributed by atoms with van der Waals surface area (Å²) in [6, 6.07) is 5.45. The first kappa shape index (κ1) is 12.9. The zero-order valence-corrected chi connectivity index (χ0v) is 11.5. The topological polar surface area (TPSA) is 47.6 Å². The van der Waals surface area contributed by atoms with Crippen molar-refractivity contribution in [2.24, 2.45) is 0 Å². The molecule has 0 radical (unpaired) electrons. The lowest BCUT2D eigenvalue weighted by atomic mass is 10.1. The highest BCUT2D eigenvalue weighted by Crippen LogP contribution is 2.34. The summed E-state index contributed by atoms with van der Waals surface area (Å²) in [5, 5.41) is 2.57. The van der Waals surface area contributed by atoms with Gasteiger partial charge in [-0.1, -0.05) is 30.0 Å². The van der Waals surface area contributed by atoms with Gasteiger partial charge < -0.3 is 14.8 Å². The molecule has 4 nitrogen and oxygen atoms in total. The maximum atomic E-state index is 11.6. The molecule has 1 aromatic rings. The SMILES string of the molecule is COc1cccc(OC)c1/C=C1\SC(=S)NC1=O. The number of hydrogen-bond acceptors (Lipinski definition) is 5. The molecule has 0 atom stereocenters. The number of carbonyl (C=O) groups is 1. The Bertz CT molecular complexity index is 518. The third kappa shape index (κ3) is 2.49. The lowest BCUT2D eigenvalue weighted by Gasteiger charge is -2.09. The highest BCUT2D eigenvalue weighted by Gasteiger charge is 2.23. The number of carbonyl (C=O) groups excluding carboxylic acids is 1. The first-order valence-electron chi connectivity index (χ1n) is 5.11. The zero-order valence-electron chi connectivity index (χ0n) is 9.85. The van der Waals surface area contributed by atoms with Crippen LogP contribution in [0.2, 0.25) is 0 Å². The summed E-state index contributed by atoms with van der Waals surface area (Å²) in [4.78, 5) is 12.1. The van der Waals surface area contributed by atoms with E-state index in [2.05, 4.69) is 5.32 Å². The van der Waals surface area contributed by atoms with E-state index >= 15 is 0 Å². The van der Waals surface area contributed by atoms with Crippen LogP contribution < -0.4 is 14.8 Å². The molecule has 1 heterocycles. The van der Waals surface area contributed by atoms with Crippen LogP contribution in [0.4, 0.5) is 0 Å². The van der Waals surface area contributed by atoms with Crippen molar-refractivity contribution < 1.29 is 14.3 Å². The number of amides is 1. The molecule has 1 aliphatic rings. The van der Waals surface area contributed by atoms with E-state index in [0.717, 1.165) is 5.56 Å². The molecule has 1 aromatic carbocycles. The predicted octanol–water partition coefficient (Wildman–Crippen LogP) is 2.19. The number of methoxy groups -OCH3 is 2. The Kier molecular flexibility index (Phi) is 3.88. The molecule has 1 saturated heterocycles. The van der Waals surface area contributed by atoms with Gasteiger partial charge in [-0.2, -0.15) is 0 Å². The van der Waals surface area contributed by atoms with Crippen molar-refractivity contribution in [2.75, 3.05) is 14.2 Å². The number of thioether (sulfide) groups is 1. The summed E-state index contributed by atoms with van der Waals surface area (Å²) in [6.45, 7) is 0. The Hall–Kier alpha value is -1.53. The lowest BCUT2D eigenvalue weighted by Crippen LogP contribution is -2.17. The minimum absolute atomic E-state index is 0.196. The van der Waals surface area contributed by atoms with E-state index in [1.807, 2.05) is 18.2 Å². The van der Waals surface area contributed by atoms with Gasteiger partial charge in [0.05, 0.1) is 24.7 Å². The van der Waals surface area contributed by atoms with Crippen molar-refractivity contribution in [1.82, 2.24) is 5.32 Å². The zero-order chi connectivity index (χ0) is 13.1. The second kappa shape index (κ2) is 5.41. The van der Waals surface area contributed by atoms with Gasteiger partial charge in [0, 0.05) is 0 Å². The number of hydrogen-bond donors (Lipinski definition) is 1. The molecule has 0 unspecified atom stereocenters. The number of ether oxygens (including phenoxy) is 2. The van der Waals surface area contributed by atoms with Gasteiger partial charge >= 0.3 is 0 Å². The molecule has 2 rings (SSSR count). The van der Waals surface area contributed by atoms with Crippen LogP contribution in [0.1, 0.15) is 5.56 Å². The van der Waals surface area contributed by atoms with Gasteiger partial charge in [0.15, 0.2) is 0 Å². The number of thiocarbonyl (C=S) groups is 1. The quantitative estimate of drug-likeness (QED) is 0.680. The molecule has 0 spiro atoms. The Morgan fingerprint density at radius 2 is 1.89 bits per heavy atom. The molecular formula is C12H11NO3S2. The van der Waals surface area contributed by atoms with Crippen molar-refractivity contribution in [3.63, 3.8) is 0 Å². The monoisotopic (exact) mass is 281 g/mol. The summed E-state index contributed by atoms with van der Waals surface area (Å²) in [5.41, 5.74) is 0.727. The second-order valence-corrected chi connectivity index (χ2v) is 5.15. The van der Waals surface area contributed by atoms with E-state index < -0.39 is 0 Å². The molecule has 94 valence electrons. The lowest BCUT2D eigenvalue weighted by molar-refractivity contribution is -0.115. The molecular weight excluding hydrogens is 270 g/mol. The summed E-state index contributed by atoms with van der Waals surface area (Å²) in [7, 11) is 3.15. The molecule has 0 aliphatic carbocycles. The molecule has 0 bridgehead atoms. The highest BCUT2D eigenvalue weighted by molar-refractivity contribution is 8.26. The van der Waals surface area contributed by atoms with Gasteiger partial charge in [0.25, 0.3) is 5.91 Å². The first-order chi connectivity index (χ1) is 8.65. The summed E-state index contributed by atoms with van der Waals surface area (Å²) in [5.74, 6) is 1.10. The largest absolute Gasteiger partial charge is 0.496 e. The van der Waals surface area contributed by atoms with Gasteiger partial charge in [-0.15, -0.1) is 0 Å². The Labute approximate surface area is 114 Å². The molecule has 1 fully saturated rings. The molecule has 6 heteroatoms. The van der Waals surface area contributed by atoms with Crippen LogP contribution in [0, 0.1) is 0 Å². The number of rotatable bonds is 3. The van der Waals surface area contributed by atoms with E-state index in [0.29, 0.717) is 20.7 Å². The van der Waals surface area contributed by atoms with E-state index in [9.17, 15) is 4.79 Å². The maximum Gasteiger partial charge on any atom is 0.263 e. The van der Waals surface area contributed by atoms with Crippen molar-refractivity contribution in [3.8, 4) is 11.5 Å².